The van der Waals surface area contributed by atoms with Crippen LogP contribution in [0.4, 0.5) is 5.82 Å². The summed E-state index contributed by atoms with van der Waals surface area (Å²) in [5.74, 6) is 1.47. The van der Waals surface area contributed by atoms with Crippen LogP contribution in [0.1, 0.15) is 12.8 Å². The Morgan fingerprint density at radius 3 is 2.78 bits per heavy atom. The highest BCUT2D eigenvalue weighted by Gasteiger charge is 2.43. The fraction of sp³-hybridized carbons (Fsp3) is 0.316. The lowest BCUT2D eigenvalue weighted by molar-refractivity contribution is 0.416. The van der Waals surface area contributed by atoms with Crippen molar-refractivity contribution in [1.82, 2.24) is 34.5 Å². The van der Waals surface area contributed by atoms with Gasteiger partial charge in [-0.3, -0.25) is 14.3 Å². The lowest BCUT2D eigenvalue weighted by atomic mass is 10.1. The highest BCUT2D eigenvalue weighted by molar-refractivity contribution is 5.88. The number of hydrogen-bond acceptors (Lipinski definition) is 6. The molecule has 0 bridgehead atoms. The van der Waals surface area contributed by atoms with Crippen molar-refractivity contribution in [2.75, 3.05) is 11.9 Å². The summed E-state index contributed by atoms with van der Waals surface area (Å²) < 4.78 is 3.79. The van der Waals surface area contributed by atoms with Gasteiger partial charge in [-0.25, -0.2) is 9.97 Å². The lowest BCUT2D eigenvalue weighted by Gasteiger charge is -2.17. The number of rotatable bonds is 6. The summed E-state index contributed by atoms with van der Waals surface area (Å²) in [7, 11) is 1.90. The van der Waals surface area contributed by atoms with Crippen LogP contribution in [0.2, 0.25) is 0 Å². The van der Waals surface area contributed by atoms with Crippen LogP contribution >= 0.6 is 0 Å². The van der Waals surface area contributed by atoms with Crippen molar-refractivity contribution < 1.29 is 0 Å². The Kier molecular flexibility index (Phi) is 3.63. The minimum absolute atomic E-state index is 0.236. The third-order valence-corrected chi connectivity index (χ3v) is 5.16. The maximum atomic E-state index is 4.77. The van der Waals surface area contributed by atoms with E-state index in [0.717, 1.165) is 35.5 Å². The summed E-state index contributed by atoms with van der Waals surface area (Å²) in [4.78, 5) is 13.6. The summed E-state index contributed by atoms with van der Waals surface area (Å²) in [6, 6.07) is 5.82. The topological polar surface area (TPSA) is 86.3 Å². The van der Waals surface area contributed by atoms with E-state index in [1.807, 2.05) is 48.5 Å². The quantitative estimate of drug-likeness (QED) is 0.569. The zero-order chi connectivity index (χ0) is 18.3. The highest BCUT2D eigenvalue weighted by Crippen LogP contribution is 2.47. The Balaban J connectivity index is 1.45. The number of aromatic nitrogens is 7. The fourth-order valence-electron chi connectivity index (χ4n) is 3.36. The molecule has 0 aliphatic heterocycles. The van der Waals surface area contributed by atoms with Crippen LogP contribution in [-0.2, 0) is 13.6 Å². The number of nitrogens with zero attached hydrogens (tertiary/aromatic N) is 7. The van der Waals surface area contributed by atoms with Crippen LogP contribution in [0.25, 0.3) is 22.4 Å². The molecule has 1 aliphatic rings. The number of nitrogens with one attached hydrogen (secondary N) is 1. The van der Waals surface area contributed by atoms with Gasteiger partial charge < -0.3 is 5.32 Å². The van der Waals surface area contributed by atoms with Crippen molar-refractivity contribution in [2.24, 2.45) is 12.5 Å². The van der Waals surface area contributed by atoms with Crippen LogP contribution < -0.4 is 5.32 Å². The van der Waals surface area contributed by atoms with E-state index in [2.05, 4.69) is 25.5 Å². The summed E-state index contributed by atoms with van der Waals surface area (Å²) >= 11 is 0. The van der Waals surface area contributed by atoms with Crippen molar-refractivity contribution in [3.63, 3.8) is 0 Å². The summed E-state index contributed by atoms with van der Waals surface area (Å²) in [6.07, 6.45) is 11.6. The van der Waals surface area contributed by atoms with E-state index < -0.39 is 0 Å². The van der Waals surface area contributed by atoms with Crippen LogP contribution in [0.5, 0.6) is 0 Å². The highest BCUT2D eigenvalue weighted by atomic mass is 15.3. The van der Waals surface area contributed by atoms with Gasteiger partial charge in [-0.2, -0.15) is 10.2 Å². The predicted octanol–water partition coefficient (Wildman–Crippen LogP) is 2.51. The Hall–Kier alpha value is -3.29. The normalized spacial score (nSPS) is 15.1. The number of anilines is 1. The third kappa shape index (κ3) is 3.03. The van der Waals surface area contributed by atoms with Gasteiger partial charge in [0.1, 0.15) is 5.82 Å². The van der Waals surface area contributed by atoms with Gasteiger partial charge in [0.2, 0.25) is 0 Å². The predicted molar refractivity (Wildman–Crippen MR) is 102 cm³/mol. The fourth-order valence-corrected chi connectivity index (χ4v) is 3.36. The molecule has 0 atom stereocenters. The lowest BCUT2D eigenvalue weighted by Crippen LogP contribution is -2.22. The molecule has 0 amide bonds. The van der Waals surface area contributed by atoms with E-state index in [9.17, 15) is 0 Å². The van der Waals surface area contributed by atoms with Gasteiger partial charge in [0, 0.05) is 55.9 Å². The van der Waals surface area contributed by atoms with Gasteiger partial charge >= 0.3 is 0 Å². The molecule has 0 aromatic carbocycles. The first-order valence-corrected chi connectivity index (χ1v) is 9.04. The molecule has 27 heavy (non-hydrogen) atoms. The first-order valence-electron chi connectivity index (χ1n) is 9.04. The number of pyridine rings is 1. The molecule has 0 radical (unpaired) electrons. The monoisotopic (exact) mass is 360 g/mol. The van der Waals surface area contributed by atoms with Crippen molar-refractivity contribution >= 4 is 16.9 Å². The molecule has 0 saturated heterocycles. The zero-order valence-corrected chi connectivity index (χ0v) is 15.1. The van der Waals surface area contributed by atoms with E-state index in [4.69, 9.17) is 4.98 Å². The minimum atomic E-state index is 0.236. The van der Waals surface area contributed by atoms with Crippen molar-refractivity contribution in [1.29, 1.82) is 0 Å². The number of aryl methyl sites for hydroxylation is 1. The number of hydrogen-bond donors (Lipinski definition) is 1. The molecule has 1 aliphatic carbocycles. The van der Waals surface area contributed by atoms with Gasteiger partial charge in [-0.05, 0) is 31.0 Å². The average Bonchev–Trinajstić information content (AvgIpc) is 3.08. The molecule has 0 unspecified atom stereocenters. The molecule has 1 fully saturated rings. The van der Waals surface area contributed by atoms with E-state index in [1.165, 1.54) is 12.8 Å². The largest absolute Gasteiger partial charge is 0.369 e. The molecule has 4 aromatic rings. The second-order valence-corrected chi connectivity index (χ2v) is 7.20. The summed E-state index contributed by atoms with van der Waals surface area (Å²) in [5.41, 5.74) is 1.93. The molecule has 5 rings (SSSR count). The molecule has 0 spiro atoms. The molecule has 8 nitrogen and oxygen atoms in total. The van der Waals surface area contributed by atoms with Crippen LogP contribution in [-0.4, -0.2) is 41.1 Å². The first-order chi connectivity index (χ1) is 13.2. The molecule has 1 saturated carbocycles. The van der Waals surface area contributed by atoms with E-state index >= 15 is 0 Å². The summed E-state index contributed by atoms with van der Waals surface area (Å²) in [5, 5.41) is 13.2. The van der Waals surface area contributed by atoms with Crippen molar-refractivity contribution in [2.45, 2.75) is 19.4 Å². The minimum Gasteiger partial charge on any atom is -0.369 e. The van der Waals surface area contributed by atoms with Gasteiger partial charge in [-0.15, -0.1) is 0 Å². The Morgan fingerprint density at radius 2 is 2.04 bits per heavy atom. The molecular formula is C19H20N8. The van der Waals surface area contributed by atoms with E-state index in [0.29, 0.717) is 5.82 Å². The van der Waals surface area contributed by atoms with Crippen LogP contribution in [0, 0.1) is 5.41 Å². The molecule has 8 heteroatoms. The maximum absolute atomic E-state index is 4.77. The Labute approximate surface area is 156 Å². The molecule has 1 N–H and O–H groups in total. The van der Waals surface area contributed by atoms with E-state index in [-0.39, 0.29) is 5.41 Å². The number of fused-ring (bicyclic) bond motifs is 1. The second-order valence-electron chi connectivity index (χ2n) is 7.20. The third-order valence-electron chi connectivity index (χ3n) is 5.16. The first kappa shape index (κ1) is 15.9. The Bertz CT molecular complexity index is 1060. The standard InChI is InChI=1S/C19H20N8/c1-26-18-15(11-23-26)17(24-16(25-18)14-4-2-7-20-10-14)21-12-19(5-6-19)13-27-9-3-8-22-27/h2-4,7-11H,5-6,12-13H2,1H3,(H,21,24,25). The summed E-state index contributed by atoms with van der Waals surface area (Å²) in [6.45, 7) is 1.77. The molecular weight excluding hydrogens is 340 g/mol. The zero-order valence-electron chi connectivity index (χ0n) is 15.1. The van der Waals surface area contributed by atoms with Gasteiger partial charge in [0.25, 0.3) is 0 Å². The smallest absolute Gasteiger partial charge is 0.165 e. The molecule has 136 valence electrons. The van der Waals surface area contributed by atoms with Crippen molar-refractivity contribution in [3.05, 3.63) is 49.2 Å². The van der Waals surface area contributed by atoms with Gasteiger partial charge in [0.05, 0.1) is 11.6 Å². The molecule has 4 heterocycles. The van der Waals surface area contributed by atoms with Gasteiger partial charge in [0.15, 0.2) is 11.5 Å². The van der Waals surface area contributed by atoms with Crippen LogP contribution in [0.15, 0.2) is 49.2 Å². The SMILES string of the molecule is Cn1ncc2c(NCC3(Cn4cccn4)CC3)nc(-c3cccnc3)nc21. The second kappa shape index (κ2) is 6.15. The van der Waals surface area contributed by atoms with E-state index in [1.54, 1.807) is 17.1 Å². The Morgan fingerprint density at radius 1 is 1.11 bits per heavy atom. The van der Waals surface area contributed by atoms with Crippen molar-refractivity contribution in [3.8, 4) is 11.4 Å². The average molecular weight is 360 g/mol. The maximum Gasteiger partial charge on any atom is 0.165 e. The van der Waals surface area contributed by atoms with Gasteiger partial charge in [-0.1, -0.05) is 0 Å². The molecule has 4 aromatic heterocycles. The van der Waals surface area contributed by atoms with Crippen LogP contribution in [0.3, 0.4) is 0 Å².